The molecule has 0 saturated carbocycles. The summed E-state index contributed by atoms with van der Waals surface area (Å²) in [5.74, 6) is 1.24. The summed E-state index contributed by atoms with van der Waals surface area (Å²) in [4.78, 5) is 1.51. The maximum atomic E-state index is 2.50. The molecule has 0 nitrogen and oxygen atoms in total. The Morgan fingerprint density at radius 2 is 1.86 bits per heavy atom. The number of hydrogen-bond acceptors (Lipinski definition) is 1. The first-order chi connectivity index (χ1) is 9.57. The Kier molecular flexibility index (Phi) is 10.7. The molecular weight excluding hydrogens is 383 g/mol. The average molecular weight is 406 g/mol. The third kappa shape index (κ3) is 5.29. The van der Waals surface area contributed by atoms with Gasteiger partial charge in [-0.25, -0.2) is 0 Å². The van der Waals surface area contributed by atoms with Crippen molar-refractivity contribution in [3.63, 3.8) is 0 Å². The standard InChI is InChI=1S/C17H23SSi.2ClH.Ti/c1-4-5-14-18-16-12-8-9-13-17(16)19(2,3)15-10-6-7-11-15;;;/h6,8-10,12-13H,4-5,7,14H2,1-3H3;2*1H;/q;;;+2/p-2. The van der Waals surface area contributed by atoms with Crippen LogP contribution < -0.4 is 30.0 Å². The molecule has 0 atom stereocenters. The van der Waals surface area contributed by atoms with Gasteiger partial charge in [0.15, 0.2) is 0 Å². The molecule has 5 heteroatoms. The van der Waals surface area contributed by atoms with Crippen LogP contribution >= 0.6 is 11.8 Å². The molecule has 2 rings (SSSR count). The summed E-state index contributed by atoms with van der Waals surface area (Å²) in [5.41, 5.74) is 0. The first-order valence-electron chi connectivity index (χ1n) is 7.41. The van der Waals surface area contributed by atoms with Crippen molar-refractivity contribution in [3.05, 3.63) is 45.5 Å². The number of benzene rings is 1. The molecule has 1 aromatic carbocycles. The molecule has 119 valence electrons. The first kappa shape index (κ1) is 22.6. The van der Waals surface area contributed by atoms with Gasteiger partial charge in [-0.1, -0.05) is 0 Å². The fourth-order valence-electron chi connectivity index (χ4n) is 2.67. The molecule has 0 amide bonds. The van der Waals surface area contributed by atoms with Crippen LogP contribution in [0.5, 0.6) is 0 Å². The Bertz CT molecular complexity index is 541. The Balaban J connectivity index is 0.00000220. The van der Waals surface area contributed by atoms with Crippen molar-refractivity contribution in [2.75, 3.05) is 5.75 Å². The monoisotopic (exact) mass is 405 g/mol. The van der Waals surface area contributed by atoms with Crippen molar-refractivity contribution in [3.8, 4) is 0 Å². The molecule has 0 radical (unpaired) electrons. The molecule has 0 fully saturated rings. The van der Waals surface area contributed by atoms with Crippen molar-refractivity contribution in [1.29, 1.82) is 0 Å². The number of rotatable bonds is 6. The third-order valence-corrected chi connectivity index (χ3v) is 9.99. The second-order valence-electron chi connectivity index (χ2n) is 5.82. The molecule has 0 aliphatic heterocycles. The number of thioether (sulfide) groups is 1. The van der Waals surface area contributed by atoms with Gasteiger partial charge in [0.05, 0.1) is 0 Å². The number of halogens is 2. The minimum Gasteiger partial charge on any atom is -1.00 e. The largest absolute Gasteiger partial charge is 1.00 e. The molecule has 0 bridgehead atoms. The first-order valence-corrected chi connectivity index (χ1v) is 12.2. The second-order valence-corrected chi connectivity index (χ2v) is 12.2. The summed E-state index contributed by atoms with van der Waals surface area (Å²) in [6, 6.07) is 9.09. The minimum atomic E-state index is -1.54. The van der Waals surface area contributed by atoms with Crippen LogP contribution in [-0.4, -0.2) is 13.8 Å². The fraction of sp³-hybridized carbons (Fsp3) is 0.412. The molecular formula is C17H23Cl2SSiTi. The van der Waals surface area contributed by atoms with Crippen LogP contribution in [0.25, 0.3) is 0 Å². The van der Waals surface area contributed by atoms with Crippen molar-refractivity contribution < 1.29 is 45.2 Å². The topological polar surface area (TPSA) is 0 Å². The summed E-state index contributed by atoms with van der Waals surface area (Å²) in [6.07, 6.45) is 8.45. The number of hydrogen-bond donors (Lipinski definition) is 0. The van der Waals surface area contributed by atoms with E-state index in [1.54, 1.807) is 14.3 Å². The predicted molar refractivity (Wildman–Crippen MR) is 90.0 cm³/mol. The van der Waals surface area contributed by atoms with E-state index in [0.717, 1.165) is 6.42 Å². The Labute approximate surface area is 164 Å². The molecule has 22 heavy (non-hydrogen) atoms. The van der Waals surface area contributed by atoms with Crippen LogP contribution in [0.1, 0.15) is 26.2 Å². The van der Waals surface area contributed by atoms with E-state index in [9.17, 15) is 0 Å². The van der Waals surface area contributed by atoms with Gasteiger partial charge in [0.2, 0.25) is 0 Å². The van der Waals surface area contributed by atoms with E-state index in [-0.39, 0.29) is 24.8 Å². The maximum absolute atomic E-state index is 2.50. The van der Waals surface area contributed by atoms with Crippen LogP contribution in [0.15, 0.2) is 50.4 Å². The number of allylic oxidation sites excluding steroid dienone is 4. The van der Waals surface area contributed by atoms with Crippen LogP contribution in [0, 0.1) is 0 Å². The zero-order valence-electron chi connectivity index (χ0n) is 13.5. The zero-order valence-corrected chi connectivity index (χ0v) is 18.3. The van der Waals surface area contributed by atoms with Crippen LogP contribution in [0.2, 0.25) is 13.1 Å². The number of unbranched alkanes of at least 4 members (excludes halogenated alkanes) is 1. The van der Waals surface area contributed by atoms with Gasteiger partial charge in [-0.2, -0.15) is 0 Å². The summed E-state index contributed by atoms with van der Waals surface area (Å²) in [5, 5.41) is 3.25. The zero-order chi connectivity index (χ0) is 14.6. The van der Waals surface area contributed by atoms with Crippen molar-refractivity contribution in [2.45, 2.75) is 44.2 Å². The SMILES string of the molecule is CCCCSc1ccccc1[Si](C)(C)C1=[C]([Ti+2])CC=C1.[Cl-].[Cl-]. The predicted octanol–water partition coefficient (Wildman–Crippen LogP) is -1.20. The molecule has 0 heterocycles. The summed E-state index contributed by atoms with van der Waals surface area (Å²) in [7, 11) is -1.54. The van der Waals surface area contributed by atoms with Crippen LogP contribution in [-0.2, 0) is 20.4 Å². The van der Waals surface area contributed by atoms with Crippen molar-refractivity contribution in [2.24, 2.45) is 0 Å². The molecule has 1 aliphatic rings. The fourth-order valence-corrected chi connectivity index (χ4v) is 9.38. The van der Waals surface area contributed by atoms with E-state index in [2.05, 4.69) is 76.9 Å². The van der Waals surface area contributed by atoms with Gasteiger partial charge in [0.1, 0.15) is 0 Å². The molecule has 0 saturated heterocycles. The van der Waals surface area contributed by atoms with Gasteiger partial charge in [-0.05, 0) is 0 Å². The molecule has 1 aliphatic carbocycles. The molecule has 0 unspecified atom stereocenters. The van der Waals surface area contributed by atoms with E-state index >= 15 is 0 Å². The van der Waals surface area contributed by atoms with E-state index in [0.29, 0.717) is 0 Å². The Morgan fingerprint density at radius 1 is 1.18 bits per heavy atom. The van der Waals surface area contributed by atoms with Gasteiger partial charge >= 0.3 is 141 Å². The van der Waals surface area contributed by atoms with E-state index < -0.39 is 8.07 Å². The molecule has 0 aromatic heterocycles. The van der Waals surface area contributed by atoms with E-state index in [4.69, 9.17) is 0 Å². The van der Waals surface area contributed by atoms with Gasteiger partial charge in [-0.3, -0.25) is 0 Å². The van der Waals surface area contributed by atoms with Gasteiger partial charge in [0, 0.05) is 0 Å². The summed E-state index contributed by atoms with van der Waals surface area (Å²) < 4.78 is 1.58. The minimum absolute atomic E-state index is 0. The molecule has 0 spiro atoms. The third-order valence-electron chi connectivity index (χ3n) is 3.92. The van der Waals surface area contributed by atoms with Crippen LogP contribution in [0.3, 0.4) is 0 Å². The van der Waals surface area contributed by atoms with E-state index in [1.165, 1.54) is 23.5 Å². The average Bonchev–Trinajstić information content (AvgIpc) is 2.86. The Morgan fingerprint density at radius 3 is 2.45 bits per heavy atom. The smallest absolute Gasteiger partial charge is 1.00 e. The second kappa shape index (κ2) is 10.4. The summed E-state index contributed by atoms with van der Waals surface area (Å²) in [6.45, 7) is 7.27. The van der Waals surface area contributed by atoms with Gasteiger partial charge in [-0.15, -0.1) is 0 Å². The van der Waals surface area contributed by atoms with E-state index in [1.807, 2.05) is 11.8 Å². The van der Waals surface area contributed by atoms with Crippen molar-refractivity contribution in [1.82, 2.24) is 0 Å². The quantitative estimate of drug-likeness (QED) is 0.325. The van der Waals surface area contributed by atoms with Gasteiger partial charge in [0.25, 0.3) is 0 Å². The Hall–Kier alpha value is 0.561. The summed E-state index contributed by atoms with van der Waals surface area (Å²) >= 11 is 4.35. The molecule has 0 N–H and O–H groups in total. The van der Waals surface area contributed by atoms with Gasteiger partial charge < -0.3 is 24.8 Å². The van der Waals surface area contributed by atoms with Crippen molar-refractivity contribution >= 4 is 25.0 Å². The maximum Gasteiger partial charge on any atom is -1.00 e. The molecule has 1 aromatic rings. The van der Waals surface area contributed by atoms with Crippen LogP contribution in [0.4, 0.5) is 0 Å². The normalized spacial score (nSPS) is 13.9.